The lowest BCUT2D eigenvalue weighted by Crippen LogP contribution is -2.30. The number of nitrogens with zero attached hydrogens (tertiary/aromatic N) is 2. The van der Waals surface area contributed by atoms with Crippen LogP contribution in [0.1, 0.15) is 36.9 Å². The van der Waals surface area contributed by atoms with Gasteiger partial charge in [-0.1, -0.05) is 37.1 Å². The van der Waals surface area contributed by atoms with Crippen LogP contribution in [0, 0.1) is 0 Å². The lowest BCUT2D eigenvalue weighted by atomic mass is 9.95. The van der Waals surface area contributed by atoms with Gasteiger partial charge in [0.2, 0.25) is 0 Å². The van der Waals surface area contributed by atoms with E-state index in [0.717, 1.165) is 24.1 Å². The van der Waals surface area contributed by atoms with Gasteiger partial charge in [0, 0.05) is 31.9 Å². The van der Waals surface area contributed by atoms with Crippen molar-refractivity contribution in [3.05, 3.63) is 64.2 Å². The number of benzene rings is 2. The summed E-state index contributed by atoms with van der Waals surface area (Å²) in [6, 6.07) is 11.7. The molecule has 1 heterocycles. The number of carbonyl (C=O) groups excluding carboxylic acids is 2. The molecule has 1 saturated heterocycles. The van der Waals surface area contributed by atoms with Crippen LogP contribution in [0.4, 0.5) is 5.69 Å². The highest BCUT2D eigenvalue weighted by atomic mass is 35.5. The Labute approximate surface area is 187 Å². The van der Waals surface area contributed by atoms with Gasteiger partial charge in [-0.2, -0.15) is 0 Å². The van der Waals surface area contributed by atoms with Crippen LogP contribution >= 0.6 is 11.6 Å². The van der Waals surface area contributed by atoms with E-state index in [0.29, 0.717) is 22.9 Å². The van der Waals surface area contributed by atoms with E-state index in [1.807, 2.05) is 50.2 Å². The number of methoxy groups -OCH3 is 1. The van der Waals surface area contributed by atoms with Gasteiger partial charge in [-0.05, 0) is 42.3 Å². The van der Waals surface area contributed by atoms with Gasteiger partial charge in [0.1, 0.15) is 11.5 Å². The van der Waals surface area contributed by atoms with Crippen molar-refractivity contribution in [3.63, 3.8) is 0 Å². The number of aliphatic hydroxyl groups is 1. The number of hydrogen-bond donors (Lipinski definition) is 1. The summed E-state index contributed by atoms with van der Waals surface area (Å²) in [7, 11) is 5.38. The molecule has 2 aromatic carbocycles. The van der Waals surface area contributed by atoms with E-state index >= 15 is 0 Å². The third-order valence-electron chi connectivity index (χ3n) is 5.44. The number of amides is 1. The minimum atomic E-state index is -0.692. The standard InChI is InChI=1S/C24H27ClN2O4/c1-5-6-13-27-21(15-7-10-17(11-8-15)26(2)3)20(23(29)24(27)30)22(28)16-9-12-19(31-4)18(25)14-16/h7-12,14,21,28H,5-6,13H2,1-4H3/b22-20-. The van der Waals surface area contributed by atoms with Crippen molar-refractivity contribution in [2.75, 3.05) is 32.6 Å². The van der Waals surface area contributed by atoms with Crippen LogP contribution in [-0.4, -0.2) is 49.4 Å². The molecule has 0 saturated carbocycles. The highest BCUT2D eigenvalue weighted by Crippen LogP contribution is 2.40. The van der Waals surface area contributed by atoms with Gasteiger partial charge in [0.15, 0.2) is 0 Å². The van der Waals surface area contributed by atoms with E-state index in [4.69, 9.17) is 16.3 Å². The monoisotopic (exact) mass is 442 g/mol. The molecule has 0 aromatic heterocycles. The lowest BCUT2D eigenvalue weighted by Gasteiger charge is -2.25. The summed E-state index contributed by atoms with van der Waals surface area (Å²) in [5, 5.41) is 11.4. The SMILES string of the molecule is CCCCN1C(=O)C(=O)/C(=C(\O)c2ccc(OC)c(Cl)c2)C1c1ccc(N(C)C)cc1. The second-order valence-electron chi connectivity index (χ2n) is 7.68. The molecule has 0 aliphatic carbocycles. The zero-order valence-electron chi connectivity index (χ0n) is 18.2. The normalized spacial score (nSPS) is 17.8. The van der Waals surface area contributed by atoms with E-state index in [1.54, 1.807) is 17.0 Å². The maximum atomic E-state index is 13.0. The molecule has 1 unspecified atom stereocenters. The molecule has 2 aromatic rings. The van der Waals surface area contributed by atoms with Gasteiger partial charge >= 0.3 is 0 Å². The number of unbranched alkanes of at least 4 members (excludes halogenated alkanes) is 1. The number of aliphatic hydroxyl groups excluding tert-OH is 1. The molecule has 3 rings (SSSR count). The molecule has 1 aliphatic heterocycles. The lowest BCUT2D eigenvalue weighted by molar-refractivity contribution is -0.139. The number of ketones is 1. The number of rotatable bonds is 7. The largest absolute Gasteiger partial charge is 0.507 e. The number of carbonyl (C=O) groups is 2. The third kappa shape index (κ3) is 4.39. The van der Waals surface area contributed by atoms with Crippen LogP contribution in [0.25, 0.3) is 5.76 Å². The van der Waals surface area contributed by atoms with Crippen LogP contribution in [0.15, 0.2) is 48.0 Å². The summed E-state index contributed by atoms with van der Waals surface area (Å²) in [6.07, 6.45) is 1.64. The number of hydrogen-bond acceptors (Lipinski definition) is 5. The quantitative estimate of drug-likeness (QED) is 0.384. The Morgan fingerprint density at radius 3 is 2.39 bits per heavy atom. The molecule has 0 radical (unpaired) electrons. The fourth-order valence-electron chi connectivity index (χ4n) is 3.71. The van der Waals surface area contributed by atoms with E-state index < -0.39 is 17.7 Å². The molecular formula is C24H27ClN2O4. The van der Waals surface area contributed by atoms with Crippen molar-refractivity contribution >= 4 is 34.7 Å². The Bertz CT molecular complexity index is 1010. The van der Waals surface area contributed by atoms with Crippen molar-refractivity contribution in [3.8, 4) is 5.75 Å². The molecule has 1 atom stereocenters. The summed E-state index contributed by atoms with van der Waals surface area (Å²) >= 11 is 6.22. The molecule has 6 nitrogen and oxygen atoms in total. The molecule has 1 N–H and O–H groups in total. The molecular weight excluding hydrogens is 416 g/mol. The molecule has 31 heavy (non-hydrogen) atoms. The smallest absolute Gasteiger partial charge is 0.295 e. The minimum Gasteiger partial charge on any atom is -0.507 e. The predicted octanol–water partition coefficient (Wildman–Crippen LogP) is 4.64. The van der Waals surface area contributed by atoms with E-state index in [1.165, 1.54) is 13.2 Å². The molecule has 1 aliphatic rings. The van der Waals surface area contributed by atoms with Crippen molar-refractivity contribution in [2.24, 2.45) is 0 Å². The zero-order chi connectivity index (χ0) is 22.7. The Kier molecular flexibility index (Phi) is 6.91. The van der Waals surface area contributed by atoms with Gasteiger partial charge in [-0.3, -0.25) is 9.59 Å². The van der Waals surface area contributed by atoms with Crippen molar-refractivity contribution < 1.29 is 19.4 Å². The Morgan fingerprint density at radius 2 is 1.84 bits per heavy atom. The molecule has 0 spiro atoms. The van der Waals surface area contributed by atoms with Crippen LogP contribution in [0.2, 0.25) is 5.02 Å². The fourth-order valence-corrected chi connectivity index (χ4v) is 3.97. The molecule has 0 bridgehead atoms. The minimum absolute atomic E-state index is 0.0694. The first kappa shape index (κ1) is 22.7. The maximum absolute atomic E-state index is 13.0. The number of likely N-dealkylation sites (tertiary alicyclic amines) is 1. The topological polar surface area (TPSA) is 70.1 Å². The third-order valence-corrected chi connectivity index (χ3v) is 5.74. The van der Waals surface area contributed by atoms with Gasteiger partial charge in [-0.25, -0.2) is 0 Å². The van der Waals surface area contributed by atoms with Gasteiger partial charge in [0.05, 0.1) is 23.7 Å². The van der Waals surface area contributed by atoms with E-state index in [-0.39, 0.29) is 11.3 Å². The fraction of sp³-hybridized carbons (Fsp3) is 0.333. The number of halogens is 1. The molecule has 7 heteroatoms. The summed E-state index contributed by atoms with van der Waals surface area (Å²) in [4.78, 5) is 29.4. The highest BCUT2D eigenvalue weighted by Gasteiger charge is 2.45. The average molecular weight is 443 g/mol. The summed E-state index contributed by atoms with van der Waals surface area (Å²) in [6.45, 7) is 2.46. The second kappa shape index (κ2) is 9.43. The first-order valence-corrected chi connectivity index (χ1v) is 10.6. The molecule has 1 fully saturated rings. The van der Waals surface area contributed by atoms with Crippen LogP contribution in [-0.2, 0) is 9.59 Å². The average Bonchev–Trinajstić information content (AvgIpc) is 3.01. The van der Waals surface area contributed by atoms with Crippen molar-refractivity contribution in [1.29, 1.82) is 0 Å². The zero-order valence-corrected chi connectivity index (χ0v) is 18.9. The van der Waals surface area contributed by atoms with Crippen LogP contribution in [0.5, 0.6) is 5.75 Å². The Hall–Kier alpha value is -2.99. The van der Waals surface area contributed by atoms with Crippen LogP contribution < -0.4 is 9.64 Å². The van der Waals surface area contributed by atoms with Crippen LogP contribution in [0.3, 0.4) is 0 Å². The number of Topliss-reactive ketones (excluding diaryl/α,β-unsaturated/α-hetero) is 1. The van der Waals surface area contributed by atoms with Gasteiger partial charge < -0.3 is 19.6 Å². The molecule has 164 valence electrons. The summed E-state index contributed by atoms with van der Waals surface area (Å²) < 4.78 is 5.16. The highest BCUT2D eigenvalue weighted by molar-refractivity contribution is 6.46. The van der Waals surface area contributed by atoms with Crippen molar-refractivity contribution in [1.82, 2.24) is 4.90 Å². The molecule has 1 amide bonds. The van der Waals surface area contributed by atoms with Crippen molar-refractivity contribution in [2.45, 2.75) is 25.8 Å². The summed E-state index contributed by atoms with van der Waals surface area (Å²) in [5.41, 5.74) is 2.19. The number of anilines is 1. The van der Waals surface area contributed by atoms with E-state index in [9.17, 15) is 14.7 Å². The Morgan fingerprint density at radius 1 is 1.16 bits per heavy atom. The van der Waals surface area contributed by atoms with E-state index in [2.05, 4.69) is 0 Å². The van der Waals surface area contributed by atoms with Gasteiger partial charge in [0.25, 0.3) is 11.7 Å². The first-order valence-electron chi connectivity index (χ1n) is 10.2. The maximum Gasteiger partial charge on any atom is 0.295 e. The second-order valence-corrected chi connectivity index (χ2v) is 8.09. The first-order chi connectivity index (χ1) is 14.8. The Balaban J connectivity index is 2.14. The predicted molar refractivity (Wildman–Crippen MR) is 123 cm³/mol. The summed E-state index contributed by atoms with van der Waals surface area (Å²) in [5.74, 6) is -1.08. The number of ether oxygens (including phenoxy) is 1. The van der Waals surface area contributed by atoms with Gasteiger partial charge in [-0.15, -0.1) is 0 Å².